The molecule has 0 aliphatic heterocycles. The minimum absolute atomic E-state index is 0.0614. The molecule has 0 saturated carbocycles. The van der Waals surface area contributed by atoms with E-state index in [1.54, 1.807) is 0 Å². The van der Waals surface area contributed by atoms with E-state index in [2.05, 4.69) is 10.0 Å². The molecule has 0 aromatic heterocycles. The van der Waals surface area contributed by atoms with Crippen molar-refractivity contribution in [1.29, 1.82) is 0 Å². The molecule has 6 nitrogen and oxygen atoms in total. The SMILES string of the molecule is [N-]=[N+]=NCC(O)C(O)c1ccc(C(F)(F)F)cc1N. The second-order valence-corrected chi connectivity index (χ2v) is 3.77. The van der Waals surface area contributed by atoms with Crippen molar-refractivity contribution in [2.75, 3.05) is 12.3 Å². The lowest BCUT2D eigenvalue weighted by Crippen LogP contribution is -2.22. The molecule has 0 fully saturated rings. The van der Waals surface area contributed by atoms with Crippen LogP contribution in [0.2, 0.25) is 0 Å². The monoisotopic (exact) mass is 276 g/mol. The molecule has 0 heterocycles. The first-order valence-corrected chi connectivity index (χ1v) is 5.11. The lowest BCUT2D eigenvalue weighted by atomic mass is 10.0. The van der Waals surface area contributed by atoms with Crippen LogP contribution in [0.25, 0.3) is 10.4 Å². The largest absolute Gasteiger partial charge is 0.416 e. The Morgan fingerprint density at radius 3 is 2.47 bits per heavy atom. The molecule has 0 bridgehead atoms. The van der Waals surface area contributed by atoms with Gasteiger partial charge in [-0.15, -0.1) is 0 Å². The van der Waals surface area contributed by atoms with Crippen molar-refractivity contribution in [2.45, 2.75) is 18.4 Å². The maximum Gasteiger partial charge on any atom is 0.416 e. The highest BCUT2D eigenvalue weighted by molar-refractivity contribution is 5.51. The Morgan fingerprint density at radius 1 is 1.37 bits per heavy atom. The summed E-state index contributed by atoms with van der Waals surface area (Å²) >= 11 is 0. The highest BCUT2D eigenvalue weighted by atomic mass is 19.4. The van der Waals surface area contributed by atoms with E-state index in [0.717, 1.165) is 12.1 Å². The molecule has 104 valence electrons. The van der Waals surface area contributed by atoms with E-state index in [0.29, 0.717) is 6.07 Å². The van der Waals surface area contributed by atoms with Gasteiger partial charge in [-0.1, -0.05) is 11.2 Å². The normalized spacial score (nSPS) is 14.6. The summed E-state index contributed by atoms with van der Waals surface area (Å²) in [4.78, 5) is 2.39. The second kappa shape index (κ2) is 5.79. The molecule has 0 saturated heterocycles. The summed E-state index contributed by atoms with van der Waals surface area (Å²) in [7, 11) is 0. The van der Waals surface area contributed by atoms with Crippen LogP contribution in [0.4, 0.5) is 18.9 Å². The zero-order chi connectivity index (χ0) is 14.6. The Bertz CT molecular complexity index is 500. The van der Waals surface area contributed by atoms with Crippen molar-refractivity contribution in [1.82, 2.24) is 0 Å². The van der Waals surface area contributed by atoms with Gasteiger partial charge in [0.25, 0.3) is 0 Å². The first-order valence-electron chi connectivity index (χ1n) is 5.11. The number of anilines is 1. The zero-order valence-electron chi connectivity index (χ0n) is 9.54. The highest BCUT2D eigenvalue weighted by Gasteiger charge is 2.31. The topological polar surface area (TPSA) is 115 Å². The van der Waals surface area contributed by atoms with Crippen molar-refractivity contribution < 1.29 is 23.4 Å². The van der Waals surface area contributed by atoms with Gasteiger partial charge in [-0.2, -0.15) is 13.2 Å². The fraction of sp³-hybridized carbons (Fsp3) is 0.400. The second-order valence-electron chi connectivity index (χ2n) is 3.77. The number of azide groups is 1. The molecule has 9 heteroatoms. The van der Waals surface area contributed by atoms with Gasteiger partial charge in [0.15, 0.2) is 0 Å². The van der Waals surface area contributed by atoms with Gasteiger partial charge < -0.3 is 15.9 Å². The molecular formula is C10H11F3N4O2. The zero-order valence-corrected chi connectivity index (χ0v) is 9.54. The number of hydrogen-bond acceptors (Lipinski definition) is 4. The van der Waals surface area contributed by atoms with Crippen molar-refractivity contribution in [3.05, 3.63) is 39.8 Å². The Balaban J connectivity index is 2.99. The van der Waals surface area contributed by atoms with Crippen LogP contribution >= 0.6 is 0 Å². The third-order valence-electron chi connectivity index (χ3n) is 2.43. The van der Waals surface area contributed by atoms with E-state index in [1.165, 1.54) is 0 Å². The molecule has 1 rings (SSSR count). The Hall–Kier alpha value is -1.96. The quantitative estimate of drug-likeness (QED) is 0.338. The van der Waals surface area contributed by atoms with Crippen LogP contribution in [0.3, 0.4) is 0 Å². The number of rotatable bonds is 4. The molecule has 2 unspecified atom stereocenters. The van der Waals surface area contributed by atoms with Crippen LogP contribution in [0.1, 0.15) is 17.2 Å². The summed E-state index contributed by atoms with van der Waals surface area (Å²) in [5, 5.41) is 22.2. The Kier molecular flexibility index (Phi) is 4.60. The van der Waals surface area contributed by atoms with Gasteiger partial charge in [0.05, 0.1) is 18.2 Å². The first kappa shape index (κ1) is 15.1. The number of hydrogen-bond donors (Lipinski definition) is 3. The summed E-state index contributed by atoms with van der Waals surface area (Å²) in [6.07, 6.45) is -7.52. The summed E-state index contributed by atoms with van der Waals surface area (Å²) in [6.45, 7) is -0.419. The van der Waals surface area contributed by atoms with Crippen molar-refractivity contribution in [3.63, 3.8) is 0 Å². The number of alkyl halides is 3. The molecular weight excluding hydrogens is 265 g/mol. The van der Waals surface area contributed by atoms with Gasteiger partial charge in [0.2, 0.25) is 0 Å². The van der Waals surface area contributed by atoms with Gasteiger partial charge in [0.1, 0.15) is 6.10 Å². The smallest absolute Gasteiger partial charge is 0.398 e. The Morgan fingerprint density at radius 2 is 2.00 bits per heavy atom. The molecule has 19 heavy (non-hydrogen) atoms. The van der Waals surface area contributed by atoms with Crippen LogP contribution in [-0.2, 0) is 6.18 Å². The summed E-state index contributed by atoms with van der Waals surface area (Å²) in [5.41, 5.74) is 12.2. The predicted molar refractivity (Wildman–Crippen MR) is 60.8 cm³/mol. The van der Waals surface area contributed by atoms with E-state index < -0.39 is 30.5 Å². The first-order chi connectivity index (χ1) is 8.77. The van der Waals surface area contributed by atoms with Gasteiger partial charge in [-0.3, -0.25) is 0 Å². The molecule has 0 aliphatic rings. The number of nitrogen functional groups attached to an aromatic ring is 1. The minimum Gasteiger partial charge on any atom is -0.398 e. The molecule has 0 amide bonds. The molecule has 1 aromatic carbocycles. The number of aliphatic hydroxyl groups is 2. The lowest BCUT2D eigenvalue weighted by Gasteiger charge is -2.19. The number of aliphatic hydroxyl groups excluding tert-OH is 2. The number of benzene rings is 1. The Labute approximate surface area is 105 Å². The van der Waals surface area contributed by atoms with Gasteiger partial charge in [-0.05, 0) is 17.7 Å². The van der Waals surface area contributed by atoms with Gasteiger partial charge in [-0.25, -0.2) is 0 Å². The van der Waals surface area contributed by atoms with Gasteiger partial charge in [0, 0.05) is 16.2 Å². The molecule has 0 spiro atoms. The van der Waals surface area contributed by atoms with Crippen LogP contribution < -0.4 is 5.73 Å². The molecule has 0 aliphatic carbocycles. The van der Waals surface area contributed by atoms with E-state index >= 15 is 0 Å². The van der Waals surface area contributed by atoms with E-state index in [-0.39, 0.29) is 11.3 Å². The fourth-order valence-electron chi connectivity index (χ4n) is 1.45. The number of halogens is 3. The molecule has 0 radical (unpaired) electrons. The highest BCUT2D eigenvalue weighted by Crippen LogP contribution is 2.33. The third kappa shape index (κ3) is 3.75. The maximum atomic E-state index is 12.4. The predicted octanol–water partition coefficient (Wildman–Crippen LogP) is 1.99. The molecule has 2 atom stereocenters. The van der Waals surface area contributed by atoms with Crippen molar-refractivity contribution in [3.8, 4) is 0 Å². The standard InChI is InChI=1S/C10H11F3N4O2/c11-10(12,13)5-1-2-6(7(14)3-5)9(19)8(18)4-16-17-15/h1-3,8-9,18-19H,4,14H2. The maximum absolute atomic E-state index is 12.4. The van der Waals surface area contributed by atoms with E-state index in [4.69, 9.17) is 11.3 Å². The van der Waals surface area contributed by atoms with Crippen LogP contribution in [0, 0.1) is 0 Å². The summed E-state index contributed by atoms with van der Waals surface area (Å²) < 4.78 is 37.2. The van der Waals surface area contributed by atoms with Crippen LogP contribution in [0.15, 0.2) is 23.3 Å². The molecule has 1 aromatic rings. The van der Waals surface area contributed by atoms with Crippen LogP contribution in [0.5, 0.6) is 0 Å². The molecule has 4 N–H and O–H groups in total. The number of nitrogens with two attached hydrogens (primary N) is 1. The fourth-order valence-corrected chi connectivity index (χ4v) is 1.45. The average molecular weight is 276 g/mol. The summed E-state index contributed by atoms with van der Waals surface area (Å²) in [5.74, 6) is 0. The van der Waals surface area contributed by atoms with Gasteiger partial charge >= 0.3 is 6.18 Å². The minimum atomic E-state index is -4.54. The third-order valence-corrected chi connectivity index (χ3v) is 2.43. The average Bonchev–Trinajstić information content (AvgIpc) is 2.33. The van der Waals surface area contributed by atoms with E-state index in [1.807, 2.05) is 0 Å². The van der Waals surface area contributed by atoms with Crippen molar-refractivity contribution in [2.24, 2.45) is 5.11 Å². The number of nitrogens with zero attached hydrogens (tertiary/aromatic N) is 3. The van der Waals surface area contributed by atoms with Crippen molar-refractivity contribution >= 4 is 5.69 Å². The van der Waals surface area contributed by atoms with Crippen LogP contribution in [-0.4, -0.2) is 22.9 Å². The van der Waals surface area contributed by atoms with E-state index in [9.17, 15) is 23.4 Å². The summed E-state index contributed by atoms with van der Waals surface area (Å²) in [6, 6.07) is 2.39. The lowest BCUT2D eigenvalue weighted by molar-refractivity contribution is -0.137.